The molecular formula is C18H25N5O3S. The highest BCUT2D eigenvalue weighted by Crippen LogP contribution is 2.19. The number of rotatable bonds is 9. The molecule has 1 aliphatic carbocycles. The number of methoxy groups -OCH3 is 1. The molecule has 27 heavy (non-hydrogen) atoms. The van der Waals surface area contributed by atoms with E-state index in [0.29, 0.717) is 36.5 Å². The first-order chi connectivity index (χ1) is 13.0. The first-order valence-corrected chi connectivity index (χ1v) is 9.24. The van der Waals surface area contributed by atoms with Crippen LogP contribution in [-0.2, 0) is 25.1 Å². The van der Waals surface area contributed by atoms with E-state index in [2.05, 4.69) is 10.4 Å². The molecule has 8 nitrogen and oxygen atoms in total. The highest BCUT2D eigenvalue weighted by atomic mass is 32.1. The number of hydrogen-bond acceptors (Lipinski definition) is 6. The van der Waals surface area contributed by atoms with E-state index in [9.17, 15) is 4.79 Å². The van der Waals surface area contributed by atoms with Gasteiger partial charge in [-0.15, -0.1) is 0 Å². The van der Waals surface area contributed by atoms with Crippen molar-refractivity contribution in [1.82, 2.24) is 24.6 Å². The molecule has 3 rings (SSSR count). The summed E-state index contributed by atoms with van der Waals surface area (Å²) < 4.78 is 15.0. The number of amides is 1. The molecule has 9 heteroatoms. The van der Waals surface area contributed by atoms with Gasteiger partial charge in [-0.05, 0) is 56.4 Å². The molecule has 1 aromatic carbocycles. The third-order valence-electron chi connectivity index (χ3n) is 4.29. The third-order valence-corrected chi connectivity index (χ3v) is 4.77. The van der Waals surface area contributed by atoms with Crippen molar-refractivity contribution in [1.29, 1.82) is 0 Å². The van der Waals surface area contributed by atoms with Crippen molar-refractivity contribution >= 4 is 18.1 Å². The average Bonchev–Trinajstić information content (AvgIpc) is 3.42. The highest BCUT2D eigenvalue weighted by molar-refractivity contribution is 7.71. The normalized spacial score (nSPS) is 13.6. The summed E-state index contributed by atoms with van der Waals surface area (Å²) in [6.07, 6.45) is 2.16. The lowest BCUT2D eigenvalue weighted by Gasteiger charge is -2.15. The quantitative estimate of drug-likeness (QED) is 0.656. The zero-order chi connectivity index (χ0) is 19.4. The smallest absolute Gasteiger partial charge is 0.234 e. The van der Waals surface area contributed by atoms with Gasteiger partial charge in [0.2, 0.25) is 5.91 Å². The number of aromatic nitrogens is 3. The van der Waals surface area contributed by atoms with Crippen molar-refractivity contribution in [2.75, 3.05) is 20.7 Å². The number of hydrogen-bond donors (Lipinski definition) is 1. The monoisotopic (exact) mass is 391 g/mol. The number of nitrogens with one attached hydrogen (secondary N) is 1. The largest absolute Gasteiger partial charge is 0.497 e. The summed E-state index contributed by atoms with van der Waals surface area (Å²) in [4.78, 5) is 13.8. The molecule has 0 atom stereocenters. The summed E-state index contributed by atoms with van der Waals surface area (Å²) in [6, 6.07) is 7.74. The van der Waals surface area contributed by atoms with Gasteiger partial charge in [0.15, 0.2) is 10.6 Å². The standard InChI is InChI=1S/C18H25N5O3S/c1-21(10-17(24)19-13-4-5-13)12-23-18(27)22(2)16(20-23)11-26-15-8-6-14(25-3)7-9-15/h6-9,13H,4-5,10-12H2,1-3H3,(H,19,24). The third kappa shape index (κ3) is 5.30. The average molecular weight is 391 g/mol. The molecule has 0 spiro atoms. The lowest BCUT2D eigenvalue weighted by Crippen LogP contribution is -2.37. The van der Waals surface area contributed by atoms with Crippen LogP contribution in [0.25, 0.3) is 0 Å². The van der Waals surface area contributed by atoms with Gasteiger partial charge in [-0.1, -0.05) is 0 Å². The number of likely N-dealkylation sites (N-methyl/N-ethyl adjacent to an activating group) is 1. The van der Waals surface area contributed by atoms with Crippen LogP contribution in [0.4, 0.5) is 0 Å². The maximum Gasteiger partial charge on any atom is 0.234 e. The van der Waals surface area contributed by atoms with Gasteiger partial charge < -0.3 is 19.4 Å². The topological polar surface area (TPSA) is 73.6 Å². The Kier molecular flexibility index (Phi) is 6.12. The van der Waals surface area contributed by atoms with Gasteiger partial charge in [0, 0.05) is 13.1 Å². The van der Waals surface area contributed by atoms with Crippen molar-refractivity contribution in [3.63, 3.8) is 0 Å². The number of carbonyl (C=O) groups excluding carboxylic acids is 1. The predicted octanol–water partition coefficient (Wildman–Crippen LogP) is 1.71. The molecule has 1 fully saturated rings. The number of benzene rings is 1. The minimum absolute atomic E-state index is 0.0329. The molecule has 1 aromatic heterocycles. The fraction of sp³-hybridized carbons (Fsp3) is 0.500. The molecular weight excluding hydrogens is 366 g/mol. The van der Waals surface area contributed by atoms with Crippen molar-refractivity contribution in [3.05, 3.63) is 34.9 Å². The van der Waals surface area contributed by atoms with Crippen molar-refractivity contribution in [2.45, 2.75) is 32.2 Å². The molecule has 0 bridgehead atoms. The first-order valence-electron chi connectivity index (χ1n) is 8.83. The SMILES string of the molecule is COc1ccc(OCc2nn(CN(C)CC(=O)NC3CC3)c(=S)n2C)cc1. The van der Waals surface area contributed by atoms with E-state index < -0.39 is 0 Å². The van der Waals surface area contributed by atoms with Gasteiger partial charge >= 0.3 is 0 Å². The van der Waals surface area contributed by atoms with Gasteiger partial charge in [-0.3, -0.25) is 9.69 Å². The van der Waals surface area contributed by atoms with Gasteiger partial charge in [0.05, 0.1) is 20.3 Å². The van der Waals surface area contributed by atoms with Crippen LogP contribution in [0, 0.1) is 4.77 Å². The Balaban J connectivity index is 1.57. The van der Waals surface area contributed by atoms with E-state index in [1.807, 2.05) is 47.8 Å². The zero-order valence-corrected chi connectivity index (χ0v) is 16.7. The minimum atomic E-state index is 0.0329. The van der Waals surface area contributed by atoms with Gasteiger partial charge in [-0.25, -0.2) is 4.68 Å². The first kappa shape index (κ1) is 19.4. The van der Waals surface area contributed by atoms with Crippen LogP contribution in [0.3, 0.4) is 0 Å². The molecule has 2 aromatic rings. The summed E-state index contributed by atoms with van der Waals surface area (Å²) in [5.74, 6) is 2.25. The van der Waals surface area contributed by atoms with Crippen molar-refractivity contribution in [2.24, 2.45) is 7.05 Å². The van der Waals surface area contributed by atoms with Crippen molar-refractivity contribution < 1.29 is 14.3 Å². The van der Waals surface area contributed by atoms with E-state index >= 15 is 0 Å². The Morgan fingerprint density at radius 3 is 2.63 bits per heavy atom. The molecule has 1 N–H and O–H groups in total. The van der Waals surface area contributed by atoms with Gasteiger partial charge in [-0.2, -0.15) is 5.10 Å². The Morgan fingerprint density at radius 2 is 2.00 bits per heavy atom. The minimum Gasteiger partial charge on any atom is -0.497 e. The van der Waals surface area contributed by atoms with Crippen LogP contribution < -0.4 is 14.8 Å². The van der Waals surface area contributed by atoms with E-state index in [1.54, 1.807) is 11.8 Å². The Labute approximate surface area is 163 Å². The molecule has 1 amide bonds. The molecule has 1 saturated carbocycles. The predicted molar refractivity (Wildman–Crippen MR) is 103 cm³/mol. The zero-order valence-electron chi connectivity index (χ0n) is 15.8. The van der Waals surface area contributed by atoms with E-state index in [1.165, 1.54) is 0 Å². The highest BCUT2D eigenvalue weighted by Gasteiger charge is 2.23. The molecule has 146 valence electrons. The van der Waals surface area contributed by atoms with Crippen molar-refractivity contribution in [3.8, 4) is 11.5 Å². The summed E-state index contributed by atoms with van der Waals surface area (Å²) in [6.45, 7) is 1.05. The summed E-state index contributed by atoms with van der Waals surface area (Å²) in [5.41, 5.74) is 0. The fourth-order valence-electron chi connectivity index (χ4n) is 2.60. The second-order valence-corrected chi connectivity index (χ2v) is 7.08. The van der Waals surface area contributed by atoms with Crippen LogP contribution in [-0.4, -0.2) is 51.9 Å². The number of ether oxygens (including phenoxy) is 2. The van der Waals surface area contributed by atoms with E-state index in [0.717, 1.165) is 24.3 Å². The van der Waals surface area contributed by atoms with Crippen LogP contribution in [0.1, 0.15) is 18.7 Å². The molecule has 0 saturated heterocycles. The van der Waals surface area contributed by atoms with Crippen LogP contribution in [0.5, 0.6) is 11.5 Å². The Hall–Kier alpha value is -2.39. The lowest BCUT2D eigenvalue weighted by atomic mass is 10.3. The lowest BCUT2D eigenvalue weighted by molar-refractivity contribution is -0.122. The maximum atomic E-state index is 11.9. The van der Waals surface area contributed by atoms with Crippen LogP contribution in [0.15, 0.2) is 24.3 Å². The molecule has 1 heterocycles. The van der Waals surface area contributed by atoms with E-state index in [4.69, 9.17) is 21.7 Å². The van der Waals surface area contributed by atoms with Crippen LogP contribution >= 0.6 is 12.2 Å². The number of carbonyl (C=O) groups is 1. The summed E-state index contributed by atoms with van der Waals surface area (Å²) in [7, 11) is 5.36. The van der Waals surface area contributed by atoms with E-state index in [-0.39, 0.29) is 5.91 Å². The number of nitrogens with zero attached hydrogens (tertiary/aromatic N) is 4. The maximum absolute atomic E-state index is 11.9. The molecule has 0 radical (unpaired) electrons. The van der Waals surface area contributed by atoms with Crippen LogP contribution in [0.2, 0.25) is 0 Å². The molecule has 1 aliphatic rings. The van der Waals surface area contributed by atoms with Gasteiger partial charge in [0.1, 0.15) is 18.1 Å². The Bertz CT molecular complexity index is 842. The fourth-order valence-corrected chi connectivity index (χ4v) is 2.80. The second kappa shape index (κ2) is 8.53. The molecule has 0 unspecified atom stereocenters. The Morgan fingerprint density at radius 1 is 1.33 bits per heavy atom. The molecule has 0 aliphatic heterocycles. The van der Waals surface area contributed by atoms with Gasteiger partial charge in [0.25, 0.3) is 0 Å². The summed E-state index contributed by atoms with van der Waals surface area (Å²) >= 11 is 5.45. The summed E-state index contributed by atoms with van der Waals surface area (Å²) in [5, 5.41) is 7.51. The second-order valence-electron chi connectivity index (χ2n) is 6.72.